The molecule has 274 valence electrons. The molecule has 4 amide bonds. The molecule has 2 aliphatic heterocycles. The highest BCUT2D eigenvalue weighted by Gasteiger charge is 2.42. The van der Waals surface area contributed by atoms with Crippen LogP contribution in [0, 0.1) is 0 Å². The lowest BCUT2D eigenvalue weighted by molar-refractivity contribution is -0.151. The molecule has 16 nitrogen and oxygen atoms in total. The fraction of sp³-hybridized carbons (Fsp3) is 0.656. The summed E-state index contributed by atoms with van der Waals surface area (Å²) in [6.45, 7) is 4.79. The van der Waals surface area contributed by atoms with Crippen LogP contribution in [-0.4, -0.2) is 113 Å². The average Bonchev–Trinajstić information content (AvgIpc) is 3.59. The van der Waals surface area contributed by atoms with Crippen molar-refractivity contribution < 1.29 is 57.3 Å². The van der Waals surface area contributed by atoms with Crippen LogP contribution in [0.1, 0.15) is 70.8 Å². The van der Waals surface area contributed by atoms with Gasteiger partial charge in [0.05, 0.1) is 13.2 Å². The van der Waals surface area contributed by atoms with Gasteiger partial charge in [0.25, 0.3) is 11.8 Å². The number of unbranched alkanes of at least 4 members (excludes halogenated alkanes) is 2. The Hall–Kier alpha value is -3.72. The summed E-state index contributed by atoms with van der Waals surface area (Å²) < 4.78 is 35.0. The third-order valence-corrected chi connectivity index (χ3v) is 9.98. The minimum atomic E-state index is -4.71. The van der Waals surface area contributed by atoms with Crippen molar-refractivity contribution in [2.75, 3.05) is 39.4 Å². The summed E-state index contributed by atoms with van der Waals surface area (Å²) in [4.78, 5) is 76.7. The zero-order valence-corrected chi connectivity index (χ0v) is 29.0. The van der Waals surface area contributed by atoms with Gasteiger partial charge in [0.2, 0.25) is 0 Å². The molecule has 0 bridgehead atoms. The molecule has 0 radical (unpaired) electrons. The van der Waals surface area contributed by atoms with Gasteiger partial charge < -0.3 is 44.6 Å². The van der Waals surface area contributed by atoms with Crippen molar-refractivity contribution >= 4 is 37.6 Å². The molecule has 4 N–H and O–H groups in total. The first-order valence-corrected chi connectivity index (χ1v) is 18.4. The fourth-order valence-corrected chi connectivity index (χ4v) is 6.93. The number of aliphatic carboxylic acids is 1. The molecule has 49 heavy (non-hydrogen) atoms. The Balaban J connectivity index is 1.62. The molecule has 2 saturated heterocycles. The van der Waals surface area contributed by atoms with E-state index in [0.717, 1.165) is 10.5 Å². The van der Waals surface area contributed by atoms with Gasteiger partial charge >= 0.3 is 25.8 Å². The molecule has 17 heteroatoms. The topological polar surface area (TPSA) is 210 Å². The molecule has 0 spiro atoms. The molecule has 2 unspecified atom stereocenters. The first-order valence-electron chi connectivity index (χ1n) is 16.7. The van der Waals surface area contributed by atoms with Crippen LogP contribution < -0.4 is 10.6 Å². The zero-order valence-electron chi connectivity index (χ0n) is 28.1. The number of hydrogen-bond acceptors (Lipinski definition) is 10. The number of likely N-dealkylation sites (tertiary alicyclic amines) is 1. The maximum absolute atomic E-state index is 13.6. The minimum Gasteiger partial charge on any atom is -0.480 e. The number of alkyl carbamates (subject to hydrolysis) is 1. The average molecular weight is 713 g/mol. The van der Waals surface area contributed by atoms with Gasteiger partial charge in [0.1, 0.15) is 24.5 Å². The van der Waals surface area contributed by atoms with Crippen molar-refractivity contribution in [1.82, 2.24) is 20.4 Å². The summed E-state index contributed by atoms with van der Waals surface area (Å²) >= 11 is 0. The van der Waals surface area contributed by atoms with Gasteiger partial charge in [-0.2, -0.15) is 0 Å². The van der Waals surface area contributed by atoms with E-state index in [0.29, 0.717) is 45.3 Å². The highest BCUT2D eigenvalue weighted by Crippen LogP contribution is 2.49. The second kappa shape index (κ2) is 20.1. The molecule has 1 aromatic rings. The van der Waals surface area contributed by atoms with Gasteiger partial charge in [0.15, 0.2) is 6.10 Å². The largest absolute Gasteiger partial charge is 0.480 e. The second-order valence-corrected chi connectivity index (χ2v) is 13.9. The van der Waals surface area contributed by atoms with Crippen LogP contribution in [-0.2, 0) is 44.3 Å². The number of rotatable bonds is 18. The predicted molar refractivity (Wildman–Crippen MR) is 175 cm³/mol. The minimum absolute atomic E-state index is 0.0253. The van der Waals surface area contributed by atoms with Gasteiger partial charge in [-0.05, 0) is 51.0 Å². The van der Waals surface area contributed by atoms with Crippen molar-refractivity contribution in [1.29, 1.82) is 0 Å². The fourth-order valence-electron chi connectivity index (χ4n) is 5.44. The normalized spacial score (nSPS) is 19.2. The molecule has 0 saturated carbocycles. The van der Waals surface area contributed by atoms with E-state index in [-0.39, 0.29) is 52.0 Å². The number of hydrogen-bond donors (Lipinski definition) is 4. The molecule has 5 atom stereocenters. The Labute approximate surface area is 286 Å². The van der Waals surface area contributed by atoms with E-state index in [1.165, 1.54) is 11.8 Å². The summed E-state index contributed by atoms with van der Waals surface area (Å²) in [5.74, 6) is -4.17. The van der Waals surface area contributed by atoms with E-state index in [4.69, 9.17) is 18.7 Å². The quantitative estimate of drug-likeness (QED) is 0.128. The highest BCUT2D eigenvalue weighted by molar-refractivity contribution is 7.53. The number of amides is 4. The zero-order chi connectivity index (χ0) is 35.8. The molecule has 2 fully saturated rings. The SMILES string of the molecule is CCCC[C@@H](NC(=O)[C@H](CCCCNC(=O)OCc1ccccc1)OC(=O)N1CCOCC1)P(=O)(O)OC(C)C(=O)N1CCC[C@H]1C(=O)O. The molecule has 3 rings (SSSR count). The summed E-state index contributed by atoms with van der Waals surface area (Å²) in [5.41, 5.74) is 0.836. The second-order valence-electron chi connectivity index (χ2n) is 12.0. The molecular weight excluding hydrogens is 663 g/mol. The number of carbonyl (C=O) groups is 5. The number of morpholine rings is 1. The Morgan fingerprint density at radius 3 is 2.43 bits per heavy atom. The van der Waals surface area contributed by atoms with E-state index in [9.17, 15) is 38.5 Å². The number of ether oxygens (including phenoxy) is 3. The monoisotopic (exact) mass is 712 g/mol. The van der Waals surface area contributed by atoms with Crippen molar-refractivity contribution in [3.05, 3.63) is 35.9 Å². The Morgan fingerprint density at radius 2 is 1.76 bits per heavy atom. The molecule has 0 aliphatic carbocycles. The third-order valence-electron chi connectivity index (χ3n) is 8.19. The van der Waals surface area contributed by atoms with Crippen molar-refractivity contribution in [2.24, 2.45) is 0 Å². The van der Waals surface area contributed by atoms with Gasteiger partial charge in [-0.15, -0.1) is 0 Å². The standard InChI is InChI=1S/C32H49N4O12P/c1-3-4-15-27(49(43,44)48-23(2)29(38)36-17-10-13-25(36)30(39)40)34-28(37)26(47-32(42)35-18-20-45-21-19-35)14-8-9-16-33-31(41)46-22-24-11-6-5-7-12-24/h5-7,11-12,23,25-27H,3-4,8-10,13-22H2,1-2H3,(H,33,41)(H,34,37)(H,39,40)(H,43,44)/t23?,25-,26-,27-/m0/s1. The predicted octanol–water partition coefficient (Wildman–Crippen LogP) is 3.22. The number of benzene rings is 1. The number of carbonyl (C=O) groups excluding carboxylic acids is 4. The molecule has 2 heterocycles. The number of nitrogens with zero attached hydrogens (tertiary/aromatic N) is 2. The maximum Gasteiger partial charge on any atom is 0.410 e. The van der Waals surface area contributed by atoms with Gasteiger partial charge in [-0.3, -0.25) is 18.7 Å². The van der Waals surface area contributed by atoms with Crippen LogP contribution in [0.2, 0.25) is 0 Å². The van der Waals surface area contributed by atoms with E-state index in [2.05, 4.69) is 10.6 Å². The van der Waals surface area contributed by atoms with Crippen LogP contribution in [0.4, 0.5) is 9.59 Å². The summed E-state index contributed by atoms with van der Waals surface area (Å²) in [7, 11) is -4.71. The smallest absolute Gasteiger partial charge is 0.410 e. The Bertz CT molecular complexity index is 1300. The first kappa shape index (κ1) is 39.7. The van der Waals surface area contributed by atoms with E-state index in [1.54, 1.807) is 0 Å². The highest BCUT2D eigenvalue weighted by atomic mass is 31.2. The van der Waals surface area contributed by atoms with Crippen molar-refractivity contribution in [3.63, 3.8) is 0 Å². The Morgan fingerprint density at radius 1 is 1.04 bits per heavy atom. The summed E-state index contributed by atoms with van der Waals surface area (Å²) in [5, 5.41) is 14.6. The lowest BCUT2D eigenvalue weighted by atomic mass is 10.1. The van der Waals surface area contributed by atoms with Crippen LogP contribution in [0.15, 0.2) is 30.3 Å². The van der Waals surface area contributed by atoms with Gasteiger partial charge in [-0.25, -0.2) is 14.4 Å². The van der Waals surface area contributed by atoms with Gasteiger partial charge in [0, 0.05) is 26.2 Å². The first-order chi connectivity index (χ1) is 23.4. The van der Waals surface area contributed by atoms with Crippen LogP contribution in [0.5, 0.6) is 0 Å². The van der Waals surface area contributed by atoms with Crippen LogP contribution in [0.3, 0.4) is 0 Å². The van der Waals surface area contributed by atoms with Crippen molar-refractivity contribution in [3.8, 4) is 0 Å². The van der Waals surface area contributed by atoms with Crippen molar-refractivity contribution in [2.45, 2.75) is 95.9 Å². The third kappa shape index (κ3) is 12.9. The molecule has 0 aromatic heterocycles. The number of nitrogens with one attached hydrogen (secondary N) is 2. The summed E-state index contributed by atoms with van der Waals surface area (Å²) in [6.07, 6.45) is -1.55. The lowest BCUT2D eigenvalue weighted by Gasteiger charge is -2.31. The van der Waals surface area contributed by atoms with Crippen LogP contribution in [0.25, 0.3) is 0 Å². The van der Waals surface area contributed by atoms with Crippen LogP contribution >= 0.6 is 7.60 Å². The molecular formula is C32H49N4O12P. The van der Waals surface area contributed by atoms with Gasteiger partial charge in [-0.1, -0.05) is 50.1 Å². The maximum atomic E-state index is 13.6. The number of carboxylic acid groups (broad SMARTS) is 1. The molecule has 2 aliphatic rings. The van der Waals surface area contributed by atoms with E-state index >= 15 is 0 Å². The Kier molecular flexibility index (Phi) is 16.3. The number of carboxylic acids is 1. The lowest BCUT2D eigenvalue weighted by Crippen LogP contribution is -2.48. The van der Waals surface area contributed by atoms with E-state index in [1.807, 2.05) is 37.3 Å². The summed E-state index contributed by atoms with van der Waals surface area (Å²) in [6, 6.07) is 8.14. The molecule has 1 aromatic carbocycles. The van der Waals surface area contributed by atoms with E-state index < -0.39 is 61.6 Å².